The van der Waals surface area contributed by atoms with Crippen LogP contribution in [0.5, 0.6) is 0 Å². The Morgan fingerprint density at radius 1 is 1.29 bits per heavy atom. The first kappa shape index (κ1) is 18.7. The van der Waals surface area contributed by atoms with Crippen LogP contribution in [0.15, 0.2) is 0 Å². The average molecular weight is 323 g/mol. The summed E-state index contributed by atoms with van der Waals surface area (Å²) in [5.74, 6) is 0.451. The largest absolute Gasteiger partial charge is 0.394 e. The number of aliphatic hydroxyl groups excluding tert-OH is 3. The fourth-order valence-corrected chi connectivity index (χ4v) is 2.43. The third-order valence-electron chi connectivity index (χ3n) is 3.34. The van der Waals surface area contributed by atoms with Gasteiger partial charge in [-0.05, 0) is 18.6 Å². The number of carbonyl (C=O) groups excluding carboxylic acids is 1. The second-order valence-corrected chi connectivity index (χ2v) is 5.54. The standard InChI is InChI=1S/C13H25NO6S/c1-8(16)14-10-12(18)11(17)9(7-15)20-13(10)19-5-3-2-4-6-21/h9-13,15,17-18,21H,2-7H2,1H3,(H,14,16). The lowest BCUT2D eigenvalue weighted by Gasteiger charge is -2.42. The molecular weight excluding hydrogens is 298 g/mol. The van der Waals surface area contributed by atoms with Crippen LogP contribution in [0.25, 0.3) is 0 Å². The fourth-order valence-electron chi connectivity index (χ4n) is 2.20. The summed E-state index contributed by atoms with van der Waals surface area (Å²) in [6.45, 7) is 1.26. The first-order valence-electron chi connectivity index (χ1n) is 7.13. The summed E-state index contributed by atoms with van der Waals surface area (Å²) in [6, 6.07) is -0.870. The van der Waals surface area contributed by atoms with E-state index in [4.69, 9.17) is 14.6 Å². The number of hydrogen-bond acceptors (Lipinski definition) is 7. The van der Waals surface area contributed by atoms with Gasteiger partial charge in [0.2, 0.25) is 5.91 Å². The molecule has 1 aliphatic heterocycles. The number of amides is 1. The molecule has 1 amide bonds. The lowest BCUT2D eigenvalue weighted by molar-refractivity contribution is -0.270. The molecule has 1 aliphatic rings. The van der Waals surface area contributed by atoms with Crippen LogP contribution in [0.3, 0.4) is 0 Å². The van der Waals surface area contributed by atoms with Crippen molar-refractivity contribution in [3.05, 3.63) is 0 Å². The summed E-state index contributed by atoms with van der Waals surface area (Å²) in [6.07, 6.45) is -1.65. The van der Waals surface area contributed by atoms with Gasteiger partial charge in [-0.15, -0.1) is 0 Å². The maximum absolute atomic E-state index is 11.2. The van der Waals surface area contributed by atoms with E-state index in [2.05, 4.69) is 17.9 Å². The number of rotatable bonds is 8. The molecule has 7 nitrogen and oxygen atoms in total. The van der Waals surface area contributed by atoms with Gasteiger partial charge in [-0.25, -0.2) is 0 Å². The second-order valence-electron chi connectivity index (χ2n) is 5.09. The van der Waals surface area contributed by atoms with Crippen molar-refractivity contribution in [2.45, 2.75) is 56.8 Å². The Bertz CT molecular complexity index is 319. The molecule has 1 saturated heterocycles. The molecule has 1 heterocycles. The molecule has 0 aromatic carbocycles. The molecule has 0 aliphatic carbocycles. The number of unbranched alkanes of at least 4 members (excludes halogenated alkanes) is 2. The van der Waals surface area contributed by atoms with Gasteiger partial charge in [-0.2, -0.15) is 12.6 Å². The minimum absolute atomic E-state index is 0.360. The average Bonchev–Trinajstić information content (AvgIpc) is 2.45. The molecule has 124 valence electrons. The topological polar surface area (TPSA) is 108 Å². The van der Waals surface area contributed by atoms with Crippen LogP contribution in [0.1, 0.15) is 26.2 Å². The highest BCUT2D eigenvalue weighted by molar-refractivity contribution is 7.80. The highest BCUT2D eigenvalue weighted by atomic mass is 32.1. The second kappa shape index (κ2) is 9.60. The molecular formula is C13H25NO6S. The lowest BCUT2D eigenvalue weighted by Crippen LogP contribution is -2.64. The molecule has 8 heteroatoms. The van der Waals surface area contributed by atoms with Gasteiger partial charge in [-0.1, -0.05) is 6.42 Å². The van der Waals surface area contributed by atoms with Crippen LogP contribution in [-0.2, 0) is 14.3 Å². The highest BCUT2D eigenvalue weighted by Crippen LogP contribution is 2.22. The molecule has 21 heavy (non-hydrogen) atoms. The first-order valence-corrected chi connectivity index (χ1v) is 7.76. The smallest absolute Gasteiger partial charge is 0.217 e. The van der Waals surface area contributed by atoms with Gasteiger partial charge in [0, 0.05) is 13.5 Å². The van der Waals surface area contributed by atoms with Crippen LogP contribution >= 0.6 is 12.6 Å². The highest BCUT2D eigenvalue weighted by Gasteiger charge is 2.45. The van der Waals surface area contributed by atoms with Crippen molar-refractivity contribution in [1.82, 2.24) is 5.32 Å². The number of aliphatic hydroxyl groups is 3. The van der Waals surface area contributed by atoms with Crippen LogP contribution in [-0.4, -0.2) is 70.8 Å². The Labute approximate surface area is 130 Å². The van der Waals surface area contributed by atoms with E-state index in [0.717, 1.165) is 25.0 Å². The zero-order chi connectivity index (χ0) is 15.8. The SMILES string of the molecule is CC(=O)NC1C(OCCCCCS)OC(CO)C(O)C1O. The summed E-state index contributed by atoms with van der Waals surface area (Å²) >= 11 is 4.12. The zero-order valence-corrected chi connectivity index (χ0v) is 13.0. The zero-order valence-electron chi connectivity index (χ0n) is 12.1. The molecule has 1 fully saturated rings. The van der Waals surface area contributed by atoms with Gasteiger partial charge < -0.3 is 30.1 Å². The van der Waals surface area contributed by atoms with Gasteiger partial charge in [0.05, 0.1) is 6.61 Å². The summed E-state index contributed by atoms with van der Waals surface area (Å²) in [5, 5.41) is 31.6. The predicted octanol–water partition coefficient (Wildman–Crippen LogP) is -0.953. The molecule has 0 bridgehead atoms. The van der Waals surface area contributed by atoms with Gasteiger partial charge in [0.15, 0.2) is 6.29 Å². The van der Waals surface area contributed by atoms with E-state index >= 15 is 0 Å². The number of carbonyl (C=O) groups is 1. The van der Waals surface area contributed by atoms with E-state index in [9.17, 15) is 15.0 Å². The number of hydrogen-bond donors (Lipinski definition) is 5. The molecule has 0 aromatic heterocycles. The van der Waals surface area contributed by atoms with Crippen LogP contribution in [0.4, 0.5) is 0 Å². The van der Waals surface area contributed by atoms with Crippen molar-refractivity contribution in [2.75, 3.05) is 19.0 Å². The van der Waals surface area contributed by atoms with Crippen molar-refractivity contribution < 1.29 is 29.6 Å². The van der Waals surface area contributed by atoms with Crippen molar-refractivity contribution in [2.24, 2.45) is 0 Å². The predicted molar refractivity (Wildman–Crippen MR) is 79.0 cm³/mol. The van der Waals surface area contributed by atoms with Crippen LogP contribution in [0.2, 0.25) is 0 Å². The molecule has 5 unspecified atom stereocenters. The quantitative estimate of drug-likeness (QED) is 0.291. The summed E-state index contributed by atoms with van der Waals surface area (Å²) in [5.41, 5.74) is 0. The minimum Gasteiger partial charge on any atom is -0.394 e. The normalized spacial score (nSPS) is 32.9. The molecule has 1 rings (SSSR count). The molecule has 0 radical (unpaired) electrons. The van der Waals surface area contributed by atoms with E-state index in [1.165, 1.54) is 6.92 Å². The van der Waals surface area contributed by atoms with Crippen LogP contribution < -0.4 is 5.32 Å². The Balaban J connectivity index is 2.58. The van der Waals surface area contributed by atoms with E-state index in [0.29, 0.717) is 6.61 Å². The third-order valence-corrected chi connectivity index (χ3v) is 3.65. The van der Waals surface area contributed by atoms with E-state index in [1.807, 2.05) is 0 Å². The Morgan fingerprint density at radius 3 is 2.57 bits per heavy atom. The summed E-state index contributed by atoms with van der Waals surface area (Å²) in [7, 11) is 0. The maximum Gasteiger partial charge on any atom is 0.217 e. The number of ether oxygens (including phenoxy) is 2. The third kappa shape index (κ3) is 5.72. The van der Waals surface area contributed by atoms with Crippen molar-refractivity contribution >= 4 is 18.5 Å². The Morgan fingerprint density at radius 2 is 2.00 bits per heavy atom. The summed E-state index contributed by atoms with van der Waals surface area (Å²) in [4.78, 5) is 11.2. The summed E-state index contributed by atoms with van der Waals surface area (Å²) < 4.78 is 11.0. The van der Waals surface area contributed by atoms with Gasteiger partial charge in [0.1, 0.15) is 24.4 Å². The van der Waals surface area contributed by atoms with E-state index in [-0.39, 0.29) is 5.91 Å². The van der Waals surface area contributed by atoms with Gasteiger partial charge in [-0.3, -0.25) is 4.79 Å². The fraction of sp³-hybridized carbons (Fsp3) is 0.923. The van der Waals surface area contributed by atoms with Crippen molar-refractivity contribution in [3.8, 4) is 0 Å². The molecule has 0 aromatic rings. The first-order chi connectivity index (χ1) is 10.0. The Kier molecular flexibility index (Phi) is 8.53. The van der Waals surface area contributed by atoms with Gasteiger partial charge >= 0.3 is 0 Å². The number of thiol groups is 1. The molecule has 0 spiro atoms. The number of nitrogens with one attached hydrogen (secondary N) is 1. The van der Waals surface area contributed by atoms with Crippen LogP contribution in [0, 0.1) is 0 Å². The van der Waals surface area contributed by atoms with E-state index < -0.39 is 37.3 Å². The van der Waals surface area contributed by atoms with Crippen molar-refractivity contribution in [3.63, 3.8) is 0 Å². The monoisotopic (exact) mass is 323 g/mol. The van der Waals surface area contributed by atoms with Gasteiger partial charge in [0.25, 0.3) is 0 Å². The lowest BCUT2D eigenvalue weighted by atomic mass is 9.97. The maximum atomic E-state index is 11.2. The van der Waals surface area contributed by atoms with Crippen molar-refractivity contribution in [1.29, 1.82) is 0 Å². The molecule has 4 N–H and O–H groups in total. The van der Waals surface area contributed by atoms with E-state index in [1.54, 1.807) is 0 Å². The minimum atomic E-state index is -1.28. The molecule has 5 atom stereocenters. The molecule has 0 saturated carbocycles. The Hall–Kier alpha value is -0.380.